The number of para-hydroxylation sites is 1. The van der Waals surface area contributed by atoms with Gasteiger partial charge in [-0.15, -0.1) is 0 Å². The molecule has 9 aromatic rings. The summed E-state index contributed by atoms with van der Waals surface area (Å²) in [4.78, 5) is 15.1. The van der Waals surface area contributed by atoms with Gasteiger partial charge < -0.3 is 4.42 Å². The minimum Gasteiger partial charge on any atom is -0.456 e. The molecule has 0 N–H and O–H groups in total. The molecule has 0 spiro atoms. The summed E-state index contributed by atoms with van der Waals surface area (Å²) in [5.74, 6) is 1.89. The van der Waals surface area contributed by atoms with E-state index in [4.69, 9.17) is 19.4 Å². The first-order valence-corrected chi connectivity index (χ1v) is 16.4. The fourth-order valence-corrected chi connectivity index (χ4v) is 6.39. The molecule has 4 nitrogen and oxygen atoms in total. The number of fused-ring (bicyclic) bond motifs is 3. The molecule has 0 amide bonds. The molecule has 0 aliphatic carbocycles. The quantitative estimate of drug-likeness (QED) is 0.184. The third kappa shape index (κ3) is 5.56. The molecule has 0 saturated heterocycles. The Hall–Kier alpha value is -6.65. The molecule has 0 saturated carbocycles. The highest BCUT2D eigenvalue weighted by atomic mass is 16.3. The van der Waals surface area contributed by atoms with Crippen molar-refractivity contribution < 1.29 is 4.42 Å². The van der Waals surface area contributed by atoms with Crippen LogP contribution in [0.2, 0.25) is 0 Å². The van der Waals surface area contributed by atoms with Crippen LogP contribution in [0.15, 0.2) is 180 Å². The molecule has 2 aromatic heterocycles. The lowest BCUT2D eigenvalue weighted by atomic mass is 10.0. The van der Waals surface area contributed by atoms with Crippen molar-refractivity contribution in [3.8, 4) is 67.5 Å². The number of hydrogen-bond donors (Lipinski definition) is 0. The van der Waals surface area contributed by atoms with E-state index in [1.54, 1.807) is 0 Å². The molecule has 0 atom stereocenters. The van der Waals surface area contributed by atoms with E-state index in [1.165, 1.54) is 5.56 Å². The molecule has 49 heavy (non-hydrogen) atoms. The number of furan rings is 1. The maximum absolute atomic E-state index is 6.05. The molecule has 230 valence electrons. The third-order valence-electron chi connectivity index (χ3n) is 8.97. The van der Waals surface area contributed by atoms with Gasteiger partial charge in [-0.2, -0.15) is 0 Å². The highest BCUT2D eigenvalue weighted by molar-refractivity contribution is 6.06. The molecule has 0 aliphatic rings. The molecule has 9 rings (SSSR count). The summed E-state index contributed by atoms with van der Waals surface area (Å²) in [6.45, 7) is 0. The van der Waals surface area contributed by atoms with Crippen LogP contribution in [0.4, 0.5) is 0 Å². The zero-order valence-electron chi connectivity index (χ0n) is 26.5. The predicted molar refractivity (Wildman–Crippen MR) is 200 cm³/mol. The number of nitrogens with zero attached hydrogens (tertiary/aromatic N) is 3. The van der Waals surface area contributed by atoms with E-state index in [0.29, 0.717) is 17.5 Å². The SMILES string of the molecule is c1ccc(-c2ccc(-c3nc(-c4ccc(-c5ccc6oc7ccccc7c6c5)cc4)nc(-c4cccc(-c5ccccc5)c4)n3)cc2)cc1. The maximum Gasteiger partial charge on any atom is 0.164 e. The van der Waals surface area contributed by atoms with Gasteiger partial charge in [-0.3, -0.25) is 0 Å². The van der Waals surface area contributed by atoms with Crippen molar-refractivity contribution in [2.45, 2.75) is 0 Å². The summed E-state index contributed by atoms with van der Waals surface area (Å²) in [6.07, 6.45) is 0. The summed E-state index contributed by atoms with van der Waals surface area (Å²) in [7, 11) is 0. The van der Waals surface area contributed by atoms with Crippen LogP contribution in [0.25, 0.3) is 89.5 Å². The van der Waals surface area contributed by atoms with Crippen LogP contribution >= 0.6 is 0 Å². The standard InChI is InChI=1S/C45H29N3O/c1-3-10-30(11-4-1)32-18-22-34(23-19-32)43-46-44(48-45(47-43)38-15-9-14-36(28-38)31-12-5-2-6-13-31)35-24-20-33(21-25-35)37-26-27-42-40(29-37)39-16-7-8-17-41(39)49-42/h1-29H. The Morgan fingerprint density at radius 3 is 1.33 bits per heavy atom. The van der Waals surface area contributed by atoms with E-state index in [2.05, 4.69) is 146 Å². The predicted octanol–water partition coefficient (Wildman–Crippen LogP) is 11.8. The van der Waals surface area contributed by atoms with Crippen LogP contribution in [0.5, 0.6) is 0 Å². The zero-order valence-corrected chi connectivity index (χ0v) is 26.5. The average Bonchev–Trinajstić information content (AvgIpc) is 3.57. The number of benzene rings is 7. The van der Waals surface area contributed by atoms with Crippen molar-refractivity contribution >= 4 is 21.9 Å². The van der Waals surface area contributed by atoms with Crippen molar-refractivity contribution in [1.29, 1.82) is 0 Å². The van der Waals surface area contributed by atoms with Gasteiger partial charge in [0.05, 0.1) is 0 Å². The fraction of sp³-hybridized carbons (Fsp3) is 0. The van der Waals surface area contributed by atoms with E-state index in [-0.39, 0.29) is 0 Å². The third-order valence-corrected chi connectivity index (χ3v) is 8.97. The van der Waals surface area contributed by atoms with Gasteiger partial charge in [0.1, 0.15) is 11.2 Å². The molecule has 0 unspecified atom stereocenters. The molecular formula is C45H29N3O. The summed E-state index contributed by atoms with van der Waals surface area (Å²) in [5, 5.41) is 2.23. The lowest BCUT2D eigenvalue weighted by molar-refractivity contribution is 0.669. The van der Waals surface area contributed by atoms with Gasteiger partial charge in [0.2, 0.25) is 0 Å². The van der Waals surface area contributed by atoms with Crippen molar-refractivity contribution in [2.24, 2.45) is 0 Å². The molecule has 0 fully saturated rings. The van der Waals surface area contributed by atoms with Crippen molar-refractivity contribution in [3.05, 3.63) is 176 Å². The molecule has 2 heterocycles. The van der Waals surface area contributed by atoms with Crippen LogP contribution in [-0.2, 0) is 0 Å². The maximum atomic E-state index is 6.05. The monoisotopic (exact) mass is 627 g/mol. The van der Waals surface area contributed by atoms with Crippen LogP contribution in [-0.4, -0.2) is 15.0 Å². The number of hydrogen-bond acceptors (Lipinski definition) is 4. The molecule has 7 aromatic carbocycles. The minimum atomic E-state index is 0.625. The smallest absolute Gasteiger partial charge is 0.164 e. The number of aromatic nitrogens is 3. The molecule has 4 heteroatoms. The van der Waals surface area contributed by atoms with Gasteiger partial charge in [0, 0.05) is 27.5 Å². The highest BCUT2D eigenvalue weighted by Crippen LogP contribution is 2.34. The Bertz CT molecular complexity index is 2570. The van der Waals surface area contributed by atoms with Gasteiger partial charge in [-0.25, -0.2) is 15.0 Å². The summed E-state index contributed by atoms with van der Waals surface area (Å²) >= 11 is 0. The summed E-state index contributed by atoms with van der Waals surface area (Å²) in [5.41, 5.74) is 11.4. The first-order valence-electron chi connectivity index (χ1n) is 16.4. The van der Waals surface area contributed by atoms with Crippen molar-refractivity contribution in [1.82, 2.24) is 15.0 Å². The second-order valence-electron chi connectivity index (χ2n) is 12.1. The minimum absolute atomic E-state index is 0.625. The normalized spacial score (nSPS) is 11.3. The van der Waals surface area contributed by atoms with Crippen molar-refractivity contribution in [3.63, 3.8) is 0 Å². The zero-order chi connectivity index (χ0) is 32.6. The summed E-state index contributed by atoms with van der Waals surface area (Å²) < 4.78 is 6.05. The Kier molecular flexibility index (Phi) is 7.10. The van der Waals surface area contributed by atoms with Gasteiger partial charge >= 0.3 is 0 Å². The number of rotatable bonds is 6. The second-order valence-corrected chi connectivity index (χ2v) is 12.1. The van der Waals surface area contributed by atoms with Crippen LogP contribution in [0.1, 0.15) is 0 Å². The van der Waals surface area contributed by atoms with Crippen molar-refractivity contribution in [2.75, 3.05) is 0 Å². The van der Waals surface area contributed by atoms with Crippen LogP contribution < -0.4 is 0 Å². The van der Waals surface area contributed by atoms with E-state index >= 15 is 0 Å². The van der Waals surface area contributed by atoms with Gasteiger partial charge in [-0.05, 0) is 57.6 Å². The van der Waals surface area contributed by atoms with Gasteiger partial charge in [0.25, 0.3) is 0 Å². The Morgan fingerprint density at radius 2 is 0.673 bits per heavy atom. The fourth-order valence-electron chi connectivity index (χ4n) is 6.39. The van der Waals surface area contributed by atoms with E-state index in [0.717, 1.165) is 66.4 Å². The molecule has 0 aliphatic heterocycles. The van der Waals surface area contributed by atoms with E-state index in [9.17, 15) is 0 Å². The van der Waals surface area contributed by atoms with E-state index in [1.807, 2.05) is 30.3 Å². The van der Waals surface area contributed by atoms with Gasteiger partial charge in [0.15, 0.2) is 17.5 Å². The lowest BCUT2D eigenvalue weighted by Gasteiger charge is -2.11. The second kappa shape index (κ2) is 12.2. The first kappa shape index (κ1) is 28.6. The molecule has 0 bridgehead atoms. The van der Waals surface area contributed by atoms with E-state index < -0.39 is 0 Å². The largest absolute Gasteiger partial charge is 0.456 e. The highest BCUT2D eigenvalue weighted by Gasteiger charge is 2.14. The van der Waals surface area contributed by atoms with Crippen LogP contribution in [0, 0.1) is 0 Å². The molecule has 0 radical (unpaired) electrons. The lowest BCUT2D eigenvalue weighted by Crippen LogP contribution is -2.00. The van der Waals surface area contributed by atoms with Gasteiger partial charge in [-0.1, -0.05) is 152 Å². The Balaban J connectivity index is 1.12. The topological polar surface area (TPSA) is 51.8 Å². The molecular weight excluding hydrogens is 599 g/mol. The first-order chi connectivity index (χ1) is 24.2. The Morgan fingerprint density at radius 1 is 0.265 bits per heavy atom. The Labute approximate surface area is 284 Å². The summed E-state index contributed by atoms with van der Waals surface area (Å²) in [6, 6.07) is 60.5. The average molecular weight is 628 g/mol. The van der Waals surface area contributed by atoms with Crippen LogP contribution in [0.3, 0.4) is 0 Å².